The van der Waals surface area contributed by atoms with Gasteiger partial charge in [0.05, 0.1) is 14.2 Å². The smallest absolute Gasteiger partial charge is 0.282 e. The van der Waals surface area contributed by atoms with E-state index in [-0.39, 0.29) is 29.0 Å². The molecule has 0 aliphatic carbocycles. The molecule has 2 rings (SSSR count). The number of hydrogen-bond acceptors (Lipinski definition) is 6. The molecule has 0 radical (unpaired) electrons. The third-order valence-electron chi connectivity index (χ3n) is 4.05. The van der Waals surface area contributed by atoms with Crippen molar-refractivity contribution < 1.29 is 28.4 Å². The number of rotatable bonds is 9. The fraction of sp³-hybridized carbons (Fsp3) is 0.250. The molecule has 0 aliphatic heterocycles. The second kappa shape index (κ2) is 8.78. The summed E-state index contributed by atoms with van der Waals surface area (Å²) in [7, 11) is -1.94. The predicted molar refractivity (Wildman–Crippen MR) is 102 cm³/mol. The SMILES string of the molecule is CCCC(=O)P(=O)(C(=O)c1ccccc1)C(=O)c1c(OC)cccc1OC. The van der Waals surface area contributed by atoms with Crippen LogP contribution in [0.4, 0.5) is 0 Å². The van der Waals surface area contributed by atoms with Crippen LogP contribution in [-0.4, -0.2) is 30.8 Å². The highest BCUT2D eigenvalue weighted by Crippen LogP contribution is 2.56. The fourth-order valence-electron chi connectivity index (χ4n) is 2.67. The second-order valence-electron chi connectivity index (χ2n) is 5.77. The van der Waals surface area contributed by atoms with Gasteiger partial charge in [-0.3, -0.25) is 18.9 Å². The number of benzene rings is 2. The van der Waals surface area contributed by atoms with Gasteiger partial charge in [-0.2, -0.15) is 0 Å². The highest BCUT2D eigenvalue weighted by molar-refractivity contribution is 8.07. The Bertz CT molecular complexity index is 882. The Kier molecular flexibility index (Phi) is 6.70. The first-order valence-electron chi connectivity index (χ1n) is 8.41. The van der Waals surface area contributed by atoms with Crippen molar-refractivity contribution in [2.45, 2.75) is 19.8 Å². The Labute approximate surface area is 157 Å². The van der Waals surface area contributed by atoms with Crippen LogP contribution < -0.4 is 9.47 Å². The van der Waals surface area contributed by atoms with Crippen LogP contribution in [0, 0.1) is 0 Å². The molecule has 142 valence electrons. The minimum absolute atomic E-state index is 0.0486. The number of carbonyl (C=O) groups excluding carboxylic acids is 3. The van der Waals surface area contributed by atoms with Crippen LogP contribution in [0.5, 0.6) is 11.5 Å². The maximum absolute atomic E-state index is 13.7. The van der Waals surface area contributed by atoms with Gasteiger partial charge >= 0.3 is 0 Å². The number of methoxy groups -OCH3 is 2. The lowest BCUT2D eigenvalue weighted by Crippen LogP contribution is -2.19. The van der Waals surface area contributed by atoms with Gasteiger partial charge in [0.2, 0.25) is 16.6 Å². The molecule has 1 atom stereocenters. The van der Waals surface area contributed by atoms with Gasteiger partial charge in [-0.05, 0) is 18.6 Å². The number of hydrogen-bond donors (Lipinski definition) is 0. The zero-order valence-corrected chi connectivity index (χ0v) is 16.3. The van der Waals surface area contributed by atoms with Crippen molar-refractivity contribution in [3.8, 4) is 11.5 Å². The molecule has 0 amide bonds. The van der Waals surface area contributed by atoms with E-state index in [4.69, 9.17) is 9.47 Å². The van der Waals surface area contributed by atoms with E-state index >= 15 is 0 Å². The van der Waals surface area contributed by atoms with Gasteiger partial charge in [-0.1, -0.05) is 43.3 Å². The Morgan fingerprint density at radius 3 is 1.89 bits per heavy atom. The van der Waals surface area contributed by atoms with Gasteiger partial charge in [0.1, 0.15) is 17.1 Å². The molecule has 6 nitrogen and oxygen atoms in total. The zero-order valence-electron chi connectivity index (χ0n) is 15.4. The largest absolute Gasteiger partial charge is 0.496 e. The molecule has 0 aromatic heterocycles. The summed E-state index contributed by atoms with van der Waals surface area (Å²) in [6.07, 6.45) is 0.223. The molecule has 1 unspecified atom stereocenters. The summed E-state index contributed by atoms with van der Waals surface area (Å²) in [6, 6.07) is 12.3. The standard InChI is InChI=1S/C20H21O6P/c1-4-9-17(21)27(24,19(22)14-10-6-5-7-11-14)20(23)18-15(25-2)12-8-13-16(18)26-3/h5-8,10-13H,4,9H2,1-3H3. The number of carbonyl (C=O) groups is 3. The highest BCUT2D eigenvalue weighted by atomic mass is 31.2. The first kappa shape index (κ1) is 20.6. The first-order valence-corrected chi connectivity index (χ1v) is 10.1. The molecular formula is C20H21O6P. The lowest BCUT2D eigenvalue weighted by Gasteiger charge is -2.18. The quantitative estimate of drug-likeness (QED) is 0.593. The van der Waals surface area contributed by atoms with Crippen LogP contribution in [0.1, 0.15) is 40.5 Å². The van der Waals surface area contributed by atoms with E-state index in [1.54, 1.807) is 31.2 Å². The summed E-state index contributed by atoms with van der Waals surface area (Å²) in [5.74, 6) is 0.175. The molecule has 0 bridgehead atoms. The molecule has 0 heterocycles. The average molecular weight is 388 g/mol. The summed E-state index contributed by atoms with van der Waals surface area (Å²) in [6.45, 7) is 1.71. The third kappa shape index (κ3) is 3.86. The van der Waals surface area contributed by atoms with Crippen LogP contribution in [0.15, 0.2) is 48.5 Å². The van der Waals surface area contributed by atoms with E-state index in [0.29, 0.717) is 6.42 Å². The van der Waals surface area contributed by atoms with Crippen molar-refractivity contribution in [3.63, 3.8) is 0 Å². The molecule has 0 saturated heterocycles. The van der Waals surface area contributed by atoms with Crippen LogP contribution in [-0.2, 0) is 9.36 Å². The van der Waals surface area contributed by atoms with Crippen LogP contribution in [0.3, 0.4) is 0 Å². The topological polar surface area (TPSA) is 86.7 Å². The summed E-state index contributed by atoms with van der Waals surface area (Å²) in [5.41, 5.74) is -3.02. The molecule has 0 fully saturated rings. The average Bonchev–Trinajstić information content (AvgIpc) is 2.72. The van der Waals surface area contributed by atoms with Crippen LogP contribution >= 0.6 is 7.14 Å². The molecule has 0 N–H and O–H groups in total. The molecule has 2 aromatic rings. The summed E-state index contributed by atoms with van der Waals surface area (Å²) in [4.78, 5) is 39.0. The normalized spacial score (nSPS) is 12.7. The maximum atomic E-state index is 13.7. The molecule has 27 heavy (non-hydrogen) atoms. The Balaban J connectivity index is 2.69. The zero-order chi connectivity index (χ0) is 20.0. The lowest BCUT2D eigenvalue weighted by molar-refractivity contribution is -0.111. The van der Waals surface area contributed by atoms with Crippen molar-refractivity contribution >= 4 is 23.7 Å². The van der Waals surface area contributed by atoms with Gasteiger partial charge in [-0.25, -0.2) is 0 Å². The monoisotopic (exact) mass is 388 g/mol. The maximum Gasteiger partial charge on any atom is 0.282 e. The molecule has 7 heteroatoms. The number of ether oxygens (including phenoxy) is 2. The van der Waals surface area contributed by atoms with Gasteiger partial charge < -0.3 is 9.47 Å². The van der Waals surface area contributed by atoms with Crippen molar-refractivity contribution in [1.29, 1.82) is 0 Å². The second-order valence-corrected chi connectivity index (χ2v) is 8.30. The van der Waals surface area contributed by atoms with Crippen LogP contribution in [0.2, 0.25) is 0 Å². The van der Waals surface area contributed by atoms with Crippen molar-refractivity contribution in [2.75, 3.05) is 14.2 Å². The summed E-state index contributed by atoms with van der Waals surface area (Å²) in [5, 5.41) is 0. The van der Waals surface area contributed by atoms with Crippen LogP contribution in [0.25, 0.3) is 0 Å². The predicted octanol–water partition coefficient (Wildman–Crippen LogP) is 4.37. The van der Waals surface area contributed by atoms with E-state index in [1.807, 2.05) is 0 Å². The van der Waals surface area contributed by atoms with E-state index in [1.165, 1.54) is 38.5 Å². The molecule has 2 aromatic carbocycles. The Morgan fingerprint density at radius 1 is 0.852 bits per heavy atom. The molecule has 0 saturated carbocycles. The fourth-order valence-corrected chi connectivity index (χ4v) is 4.90. The molecule has 0 aliphatic rings. The minimum Gasteiger partial charge on any atom is -0.496 e. The van der Waals surface area contributed by atoms with Crippen molar-refractivity contribution in [3.05, 3.63) is 59.7 Å². The van der Waals surface area contributed by atoms with Gasteiger partial charge in [0, 0.05) is 12.0 Å². The minimum atomic E-state index is -4.61. The molecular weight excluding hydrogens is 367 g/mol. The van der Waals surface area contributed by atoms with E-state index < -0.39 is 23.7 Å². The van der Waals surface area contributed by atoms with E-state index in [2.05, 4.69) is 0 Å². The summed E-state index contributed by atoms with van der Waals surface area (Å²) >= 11 is 0. The van der Waals surface area contributed by atoms with Gasteiger partial charge in [0.25, 0.3) is 7.14 Å². The third-order valence-corrected chi connectivity index (χ3v) is 6.60. The molecule has 0 spiro atoms. The first-order chi connectivity index (χ1) is 12.9. The van der Waals surface area contributed by atoms with Crippen molar-refractivity contribution in [2.24, 2.45) is 0 Å². The summed E-state index contributed by atoms with van der Waals surface area (Å²) < 4.78 is 24.1. The van der Waals surface area contributed by atoms with E-state index in [0.717, 1.165) is 0 Å². The van der Waals surface area contributed by atoms with Crippen molar-refractivity contribution in [1.82, 2.24) is 0 Å². The van der Waals surface area contributed by atoms with Gasteiger partial charge in [0.15, 0.2) is 0 Å². The lowest BCUT2D eigenvalue weighted by atomic mass is 10.2. The highest BCUT2D eigenvalue weighted by Gasteiger charge is 2.48. The Morgan fingerprint density at radius 2 is 1.41 bits per heavy atom. The van der Waals surface area contributed by atoms with Gasteiger partial charge in [-0.15, -0.1) is 0 Å². The Hall–Kier alpha value is -2.72. The van der Waals surface area contributed by atoms with E-state index in [9.17, 15) is 18.9 Å².